The third-order valence-electron chi connectivity index (χ3n) is 5.41. The summed E-state index contributed by atoms with van der Waals surface area (Å²) in [5.74, 6) is -0.898. The lowest BCUT2D eigenvalue weighted by Gasteiger charge is -2.22. The number of aliphatic hydroxyl groups excluding tert-OH is 1. The van der Waals surface area contributed by atoms with Crippen molar-refractivity contribution in [2.45, 2.75) is 42.4 Å². The molecule has 0 aromatic heterocycles. The Morgan fingerprint density at radius 3 is 2.62 bits per heavy atom. The Kier molecular flexibility index (Phi) is 4.94. The first-order valence-corrected chi connectivity index (χ1v) is 10.7. The van der Waals surface area contributed by atoms with E-state index in [1.54, 1.807) is 24.3 Å². The van der Waals surface area contributed by atoms with Crippen LogP contribution in [0.15, 0.2) is 53.4 Å². The number of nitrogens with one attached hydrogen (secondary N) is 1. The van der Waals surface area contributed by atoms with E-state index in [-0.39, 0.29) is 23.3 Å². The number of ether oxygens (including phenoxy) is 1. The summed E-state index contributed by atoms with van der Waals surface area (Å²) in [6.45, 7) is 1.87. The summed E-state index contributed by atoms with van der Waals surface area (Å²) in [6.07, 6.45) is 1.48. The first-order valence-electron chi connectivity index (χ1n) is 9.24. The van der Waals surface area contributed by atoms with Gasteiger partial charge in [-0.3, -0.25) is 0 Å². The van der Waals surface area contributed by atoms with Gasteiger partial charge in [0.25, 0.3) is 0 Å². The summed E-state index contributed by atoms with van der Waals surface area (Å²) in [6, 6.07) is 11.1. The van der Waals surface area contributed by atoms with Gasteiger partial charge >= 0.3 is 5.97 Å². The molecular weight excluding hydrogens is 394 g/mol. The van der Waals surface area contributed by atoms with Gasteiger partial charge in [0.15, 0.2) is 0 Å². The summed E-state index contributed by atoms with van der Waals surface area (Å²) >= 11 is 0. The van der Waals surface area contributed by atoms with Crippen LogP contribution in [0.25, 0.3) is 6.08 Å². The number of aryl methyl sites for hydroxylation is 1. The summed E-state index contributed by atoms with van der Waals surface area (Å²) in [4.78, 5) is 11.0. The first kappa shape index (κ1) is 19.6. The van der Waals surface area contributed by atoms with E-state index in [1.165, 1.54) is 18.2 Å². The van der Waals surface area contributed by atoms with Crippen molar-refractivity contribution in [2.24, 2.45) is 0 Å². The number of aliphatic carboxylic acids is 1. The van der Waals surface area contributed by atoms with Gasteiger partial charge in [-0.25, -0.2) is 17.9 Å². The molecule has 4 unspecified atom stereocenters. The molecule has 1 aliphatic heterocycles. The molecule has 4 rings (SSSR count). The first-order chi connectivity index (χ1) is 13.8. The molecule has 0 radical (unpaired) electrons. The van der Waals surface area contributed by atoms with Crippen LogP contribution in [0.5, 0.6) is 5.75 Å². The van der Waals surface area contributed by atoms with Crippen molar-refractivity contribution in [3.63, 3.8) is 0 Å². The third kappa shape index (κ3) is 3.66. The quantitative estimate of drug-likeness (QED) is 0.644. The molecule has 1 aliphatic carbocycles. The lowest BCUT2D eigenvalue weighted by Crippen LogP contribution is -2.43. The Morgan fingerprint density at radius 2 is 1.93 bits per heavy atom. The highest BCUT2D eigenvalue weighted by Crippen LogP contribution is 2.49. The maximum atomic E-state index is 12.9. The van der Waals surface area contributed by atoms with E-state index in [4.69, 9.17) is 9.84 Å². The van der Waals surface area contributed by atoms with Gasteiger partial charge < -0.3 is 14.9 Å². The molecule has 0 spiro atoms. The number of fused-ring (bicyclic) bond motifs is 3. The van der Waals surface area contributed by atoms with Crippen LogP contribution < -0.4 is 9.46 Å². The normalized spacial score (nSPS) is 25.6. The minimum atomic E-state index is -3.82. The molecule has 0 bridgehead atoms. The standard InChI is InChI=1S/C21H21NO6S/c1-12-5-8-14(9-6-12)29(26,27)22-20-16(23)11-17-19(20)15-4-2-3-13(21(15)28-17)7-10-18(24)25/h2-10,16-17,19-20,22-23H,11H2,1H3,(H,24,25). The number of carbonyl (C=O) groups is 1. The van der Waals surface area contributed by atoms with Gasteiger partial charge in [-0.1, -0.05) is 35.9 Å². The molecule has 7 nitrogen and oxygen atoms in total. The smallest absolute Gasteiger partial charge is 0.328 e. The highest BCUT2D eigenvalue weighted by molar-refractivity contribution is 7.89. The minimum absolute atomic E-state index is 0.135. The second-order valence-corrected chi connectivity index (χ2v) is 9.10. The number of aliphatic hydroxyl groups is 1. The molecule has 29 heavy (non-hydrogen) atoms. The molecule has 0 amide bonds. The van der Waals surface area contributed by atoms with Gasteiger partial charge in [0.2, 0.25) is 10.0 Å². The summed E-state index contributed by atoms with van der Waals surface area (Å²) in [5.41, 5.74) is 2.31. The largest absolute Gasteiger partial charge is 0.489 e. The highest BCUT2D eigenvalue weighted by Gasteiger charge is 2.51. The molecule has 2 aromatic carbocycles. The van der Waals surface area contributed by atoms with Gasteiger partial charge in [-0.15, -0.1) is 0 Å². The van der Waals surface area contributed by atoms with Crippen LogP contribution in [-0.2, 0) is 14.8 Å². The summed E-state index contributed by atoms with van der Waals surface area (Å²) in [5, 5.41) is 19.4. The lowest BCUT2D eigenvalue weighted by atomic mass is 9.93. The Morgan fingerprint density at radius 1 is 1.21 bits per heavy atom. The van der Waals surface area contributed by atoms with Crippen LogP contribution in [0.1, 0.15) is 29.0 Å². The molecule has 2 aliphatic rings. The maximum Gasteiger partial charge on any atom is 0.328 e. The number of para-hydroxylation sites is 1. The second-order valence-electron chi connectivity index (χ2n) is 7.38. The zero-order valence-corrected chi connectivity index (χ0v) is 16.5. The van der Waals surface area contributed by atoms with Gasteiger partial charge in [0.1, 0.15) is 11.9 Å². The van der Waals surface area contributed by atoms with Crippen LogP contribution in [0.3, 0.4) is 0 Å². The molecule has 152 valence electrons. The van der Waals surface area contributed by atoms with Crippen molar-refractivity contribution in [2.75, 3.05) is 0 Å². The van der Waals surface area contributed by atoms with E-state index in [1.807, 2.05) is 13.0 Å². The molecule has 3 N–H and O–H groups in total. The Labute approximate surface area is 168 Å². The van der Waals surface area contributed by atoms with Crippen molar-refractivity contribution in [1.82, 2.24) is 4.72 Å². The maximum absolute atomic E-state index is 12.9. The fraction of sp³-hybridized carbons (Fsp3) is 0.286. The number of carboxylic acids is 1. The van der Waals surface area contributed by atoms with Gasteiger partial charge in [0.05, 0.1) is 17.0 Å². The number of hydrogen-bond donors (Lipinski definition) is 3. The van der Waals surface area contributed by atoms with E-state index in [2.05, 4.69) is 4.72 Å². The van der Waals surface area contributed by atoms with Crippen LogP contribution >= 0.6 is 0 Å². The Bertz CT molecular complexity index is 1080. The number of benzene rings is 2. The molecule has 1 saturated carbocycles. The summed E-state index contributed by atoms with van der Waals surface area (Å²) in [7, 11) is -3.82. The fourth-order valence-electron chi connectivity index (χ4n) is 4.05. The molecule has 8 heteroatoms. The molecule has 1 heterocycles. The topological polar surface area (TPSA) is 113 Å². The van der Waals surface area contributed by atoms with Crippen molar-refractivity contribution in [1.29, 1.82) is 0 Å². The average Bonchev–Trinajstić information content (AvgIpc) is 3.16. The number of carboxylic acid groups (broad SMARTS) is 1. The van der Waals surface area contributed by atoms with Crippen LogP contribution in [0, 0.1) is 6.92 Å². The van der Waals surface area contributed by atoms with Crippen molar-refractivity contribution < 1.29 is 28.2 Å². The number of rotatable bonds is 5. The van der Waals surface area contributed by atoms with Crippen LogP contribution in [-0.4, -0.2) is 42.8 Å². The van der Waals surface area contributed by atoms with Crippen LogP contribution in [0.2, 0.25) is 0 Å². The fourth-order valence-corrected chi connectivity index (χ4v) is 5.34. The zero-order valence-electron chi connectivity index (χ0n) is 15.6. The Hall–Kier alpha value is -2.68. The molecule has 4 atom stereocenters. The monoisotopic (exact) mass is 415 g/mol. The molecule has 0 saturated heterocycles. The van der Waals surface area contributed by atoms with Gasteiger partial charge in [-0.2, -0.15) is 0 Å². The molecule has 2 aromatic rings. The zero-order chi connectivity index (χ0) is 20.8. The van der Waals surface area contributed by atoms with E-state index >= 15 is 0 Å². The predicted octanol–water partition coefficient (Wildman–Crippen LogP) is 2.05. The summed E-state index contributed by atoms with van der Waals surface area (Å²) < 4.78 is 34.3. The second kappa shape index (κ2) is 7.29. The Balaban J connectivity index is 1.66. The highest BCUT2D eigenvalue weighted by atomic mass is 32.2. The predicted molar refractivity (Wildman–Crippen MR) is 106 cm³/mol. The number of hydrogen-bond acceptors (Lipinski definition) is 5. The van der Waals surface area contributed by atoms with Crippen molar-refractivity contribution in [3.8, 4) is 5.75 Å². The SMILES string of the molecule is Cc1ccc(S(=O)(=O)NC2C(O)CC3Oc4c(C=CC(=O)O)cccc4C32)cc1. The van der Waals surface area contributed by atoms with Crippen LogP contribution in [0.4, 0.5) is 0 Å². The average molecular weight is 415 g/mol. The van der Waals surface area contributed by atoms with E-state index in [0.717, 1.165) is 17.2 Å². The molecular formula is C21H21NO6S. The minimum Gasteiger partial charge on any atom is -0.489 e. The van der Waals surface area contributed by atoms with Gasteiger partial charge in [-0.05, 0) is 25.1 Å². The van der Waals surface area contributed by atoms with Gasteiger partial charge in [0, 0.05) is 29.5 Å². The number of sulfonamides is 1. The van der Waals surface area contributed by atoms with E-state index < -0.39 is 28.1 Å². The van der Waals surface area contributed by atoms with E-state index in [9.17, 15) is 18.3 Å². The van der Waals surface area contributed by atoms with Crippen molar-refractivity contribution in [3.05, 3.63) is 65.2 Å². The third-order valence-corrected chi connectivity index (χ3v) is 6.88. The lowest BCUT2D eigenvalue weighted by molar-refractivity contribution is -0.131. The van der Waals surface area contributed by atoms with Crippen molar-refractivity contribution >= 4 is 22.1 Å². The molecule has 1 fully saturated rings. The van der Waals surface area contributed by atoms with E-state index in [0.29, 0.717) is 11.3 Å².